The lowest BCUT2D eigenvalue weighted by Crippen LogP contribution is -2.39. The Morgan fingerprint density at radius 3 is 2.43 bits per heavy atom. The smallest absolute Gasteiger partial charge is 0.329 e. The van der Waals surface area contributed by atoms with E-state index in [-0.39, 0.29) is 6.61 Å². The second-order valence-electron chi connectivity index (χ2n) is 4.69. The summed E-state index contributed by atoms with van der Waals surface area (Å²) in [4.78, 5) is 23.3. The molecule has 0 saturated carbocycles. The molecule has 21 heavy (non-hydrogen) atoms. The normalized spacial score (nSPS) is 13.1. The fourth-order valence-corrected chi connectivity index (χ4v) is 2.09. The number of anilines is 1. The molecular weight excluding hydrogens is 270 g/mol. The molecule has 0 aliphatic heterocycles. The van der Waals surface area contributed by atoms with E-state index in [4.69, 9.17) is 9.47 Å². The van der Waals surface area contributed by atoms with Gasteiger partial charge < -0.3 is 19.6 Å². The molecule has 116 valence electrons. The van der Waals surface area contributed by atoms with Crippen LogP contribution in [0.4, 0.5) is 5.69 Å². The molecule has 0 heterocycles. The van der Waals surface area contributed by atoms with Gasteiger partial charge in [0.1, 0.15) is 18.1 Å². The van der Waals surface area contributed by atoms with Gasteiger partial charge in [0.2, 0.25) is 0 Å². The minimum atomic E-state index is -0.671. The quantitative estimate of drug-likeness (QED) is 0.560. The molecule has 0 aliphatic rings. The van der Waals surface area contributed by atoms with Crippen molar-refractivity contribution in [1.82, 2.24) is 0 Å². The summed E-state index contributed by atoms with van der Waals surface area (Å²) in [5.74, 6) is -0.0799. The molecule has 0 aliphatic carbocycles. The van der Waals surface area contributed by atoms with Crippen LogP contribution in [0, 0.1) is 5.92 Å². The van der Waals surface area contributed by atoms with Crippen LogP contribution < -0.4 is 10.1 Å². The lowest BCUT2D eigenvalue weighted by molar-refractivity contribution is -0.146. The minimum absolute atomic E-state index is 0.289. The van der Waals surface area contributed by atoms with Gasteiger partial charge in [-0.2, -0.15) is 0 Å². The van der Waals surface area contributed by atoms with Gasteiger partial charge in [-0.05, 0) is 37.6 Å². The number of aldehydes is 1. The maximum atomic E-state index is 12.1. The third-order valence-corrected chi connectivity index (χ3v) is 3.18. The van der Waals surface area contributed by atoms with Crippen LogP contribution in [-0.4, -0.2) is 32.0 Å². The van der Waals surface area contributed by atoms with Crippen LogP contribution in [0.15, 0.2) is 24.3 Å². The summed E-state index contributed by atoms with van der Waals surface area (Å²) in [5, 5.41) is 3.09. The Morgan fingerprint density at radius 2 is 1.95 bits per heavy atom. The van der Waals surface area contributed by atoms with Crippen molar-refractivity contribution in [3.8, 4) is 5.75 Å². The topological polar surface area (TPSA) is 64.6 Å². The van der Waals surface area contributed by atoms with Gasteiger partial charge in [0.15, 0.2) is 0 Å². The molecular formula is C16H23NO4. The first kappa shape index (κ1) is 17.0. The summed E-state index contributed by atoms with van der Waals surface area (Å²) in [6.45, 7) is 4.02. The molecule has 0 bridgehead atoms. The molecule has 1 aromatic rings. The van der Waals surface area contributed by atoms with Crippen LogP contribution in [0.3, 0.4) is 0 Å². The summed E-state index contributed by atoms with van der Waals surface area (Å²) >= 11 is 0. The number of hydrogen-bond acceptors (Lipinski definition) is 5. The first-order valence-electron chi connectivity index (χ1n) is 7.18. The van der Waals surface area contributed by atoms with Crippen molar-refractivity contribution in [1.29, 1.82) is 0 Å². The van der Waals surface area contributed by atoms with Crippen LogP contribution >= 0.6 is 0 Å². The molecule has 1 aromatic carbocycles. The highest BCUT2D eigenvalue weighted by Gasteiger charge is 2.28. The van der Waals surface area contributed by atoms with Crippen molar-refractivity contribution in [3.63, 3.8) is 0 Å². The van der Waals surface area contributed by atoms with Gasteiger partial charge in [-0.15, -0.1) is 0 Å². The highest BCUT2D eigenvalue weighted by molar-refractivity contribution is 5.83. The van der Waals surface area contributed by atoms with E-state index in [1.807, 2.05) is 6.92 Å². The maximum Gasteiger partial charge on any atom is 0.329 e. The molecule has 0 spiro atoms. The minimum Gasteiger partial charge on any atom is -0.497 e. The molecule has 0 radical (unpaired) electrons. The molecule has 0 fully saturated rings. The van der Waals surface area contributed by atoms with Gasteiger partial charge in [-0.3, -0.25) is 0 Å². The average molecular weight is 293 g/mol. The van der Waals surface area contributed by atoms with Gasteiger partial charge in [0, 0.05) is 11.6 Å². The maximum absolute atomic E-state index is 12.1. The number of esters is 1. The monoisotopic (exact) mass is 293 g/mol. The molecule has 2 atom stereocenters. The zero-order valence-electron chi connectivity index (χ0n) is 12.8. The van der Waals surface area contributed by atoms with E-state index in [9.17, 15) is 9.59 Å². The summed E-state index contributed by atoms with van der Waals surface area (Å²) in [5.41, 5.74) is 0.747. The standard InChI is InChI=1S/C16H23NO4/c1-4-6-12(11-18)15(16(19)21-5-2)17-13-7-9-14(20-3)10-8-13/h7-12,15,17H,4-6H2,1-3H3. The van der Waals surface area contributed by atoms with Crippen molar-refractivity contribution < 1.29 is 19.1 Å². The average Bonchev–Trinajstić information content (AvgIpc) is 2.51. The Hall–Kier alpha value is -2.04. The van der Waals surface area contributed by atoms with Gasteiger partial charge in [0.05, 0.1) is 13.7 Å². The Morgan fingerprint density at radius 1 is 1.29 bits per heavy atom. The van der Waals surface area contributed by atoms with Gasteiger partial charge in [-0.1, -0.05) is 13.3 Å². The summed E-state index contributed by atoms with van der Waals surface area (Å²) in [6.07, 6.45) is 2.28. The molecule has 0 aromatic heterocycles. The first-order valence-corrected chi connectivity index (χ1v) is 7.18. The predicted octanol–water partition coefficient (Wildman–Crippen LogP) is 2.65. The van der Waals surface area contributed by atoms with Crippen LogP contribution in [0.5, 0.6) is 5.75 Å². The van der Waals surface area contributed by atoms with E-state index >= 15 is 0 Å². The zero-order chi connectivity index (χ0) is 15.7. The van der Waals surface area contributed by atoms with Gasteiger partial charge >= 0.3 is 5.97 Å². The molecule has 1 N–H and O–H groups in total. The van der Waals surface area contributed by atoms with Crippen molar-refractivity contribution in [2.24, 2.45) is 5.92 Å². The fraction of sp³-hybridized carbons (Fsp3) is 0.500. The van der Waals surface area contributed by atoms with Crippen LogP contribution in [0.1, 0.15) is 26.7 Å². The Labute approximate surface area is 125 Å². The van der Waals surface area contributed by atoms with E-state index in [0.29, 0.717) is 6.42 Å². The summed E-state index contributed by atoms with van der Waals surface area (Å²) < 4.78 is 10.2. The van der Waals surface area contributed by atoms with Crippen LogP contribution in [0.2, 0.25) is 0 Å². The van der Waals surface area contributed by atoms with E-state index < -0.39 is 17.9 Å². The zero-order valence-corrected chi connectivity index (χ0v) is 12.8. The number of rotatable bonds is 9. The first-order chi connectivity index (χ1) is 10.2. The number of ether oxygens (including phenoxy) is 2. The van der Waals surface area contributed by atoms with E-state index in [2.05, 4.69) is 5.32 Å². The molecule has 5 heteroatoms. The van der Waals surface area contributed by atoms with Crippen molar-refractivity contribution in [3.05, 3.63) is 24.3 Å². The Kier molecular flexibility index (Phi) is 7.29. The number of carbonyl (C=O) groups excluding carboxylic acids is 2. The van der Waals surface area contributed by atoms with E-state index in [0.717, 1.165) is 24.1 Å². The molecule has 2 unspecified atom stereocenters. The van der Waals surface area contributed by atoms with E-state index in [1.165, 1.54) is 0 Å². The lowest BCUT2D eigenvalue weighted by atomic mass is 9.96. The molecule has 0 saturated heterocycles. The molecule has 0 amide bonds. The SMILES string of the molecule is CCCC(C=O)C(Nc1ccc(OC)cc1)C(=O)OCC. The van der Waals surface area contributed by atoms with Gasteiger partial charge in [-0.25, -0.2) is 4.79 Å². The fourth-order valence-electron chi connectivity index (χ4n) is 2.09. The summed E-state index contributed by atoms with van der Waals surface area (Å²) in [6, 6.07) is 6.52. The number of nitrogens with one attached hydrogen (secondary N) is 1. The second kappa shape index (κ2) is 9.00. The molecule has 5 nitrogen and oxygen atoms in total. The molecule has 1 rings (SSSR count). The van der Waals surface area contributed by atoms with E-state index in [1.54, 1.807) is 38.3 Å². The van der Waals surface area contributed by atoms with Crippen LogP contribution in [0.25, 0.3) is 0 Å². The van der Waals surface area contributed by atoms with Crippen molar-refractivity contribution in [2.75, 3.05) is 19.0 Å². The lowest BCUT2D eigenvalue weighted by Gasteiger charge is -2.23. The predicted molar refractivity (Wildman–Crippen MR) is 81.5 cm³/mol. The number of methoxy groups -OCH3 is 1. The number of carbonyl (C=O) groups is 2. The Bertz CT molecular complexity index is 444. The number of benzene rings is 1. The highest BCUT2D eigenvalue weighted by Crippen LogP contribution is 2.20. The number of hydrogen-bond donors (Lipinski definition) is 1. The van der Waals surface area contributed by atoms with Crippen LogP contribution in [-0.2, 0) is 14.3 Å². The third kappa shape index (κ3) is 5.10. The third-order valence-electron chi connectivity index (χ3n) is 3.18. The van der Waals surface area contributed by atoms with Crippen molar-refractivity contribution >= 4 is 17.9 Å². The van der Waals surface area contributed by atoms with Crippen molar-refractivity contribution in [2.45, 2.75) is 32.7 Å². The Balaban J connectivity index is 2.88. The second-order valence-corrected chi connectivity index (χ2v) is 4.69. The summed E-state index contributed by atoms with van der Waals surface area (Å²) in [7, 11) is 1.59. The highest BCUT2D eigenvalue weighted by atomic mass is 16.5. The largest absolute Gasteiger partial charge is 0.497 e. The van der Waals surface area contributed by atoms with Gasteiger partial charge in [0.25, 0.3) is 0 Å².